The van der Waals surface area contributed by atoms with Crippen molar-refractivity contribution in [2.45, 2.75) is 12.7 Å². The summed E-state index contributed by atoms with van der Waals surface area (Å²) >= 11 is 0. The zero-order valence-corrected chi connectivity index (χ0v) is 17.7. The van der Waals surface area contributed by atoms with Gasteiger partial charge in [0.15, 0.2) is 0 Å². The molecule has 31 heavy (non-hydrogen) atoms. The van der Waals surface area contributed by atoms with Gasteiger partial charge in [0.2, 0.25) is 0 Å². The van der Waals surface area contributed by atoms with E-state index >= 15 is 0 Å². The number of rotatable bonds is 11. The van der Waals surface area contributed by atoms with Crippen molar-refractivity contribution in [3.63, 3.8) is 0 Å². The number of morpholine rings is 1. The van der Waals surface area contributed by atoms with Gasteiger partial charge in [-0.05, 0) is 29.8 Å². The van der Waals surface area contributed by atoms with Crippen molar-refractivity contribution in [2.24, 2.45) is 0 Å². The number of aliphatic hydroxyl groups excluding tert-OH is 1. The van der Waals surface area contributed by atoms with E-state index in [1.807, 2.05) is 54.6 Å². The van der Waals surface area contributed by atoms with Gasteiger partial charge in [-0.1, -0.05) is 30.3 Å². The third kappa shape index (κ3) is 8.45. The van der Waals surface area contributed by atoms with Gasteiger partial charge in [-0.2, -0.15) is 0 Å². The lowest BCUT2D eigenvalue weighted by atomic mass is 10.2. The van der Waals surface area contributed by atoms with Crippen LogP contribution in [0.1, 0.15) is 5.56 Å². The second-order valence-corrected chi connectivity index (χ2v) is 7.25. The molecular formula is C23H31N3O5. The highest BCUT2D eigenvalue weighted by Gasteiger charge is 2.15. The summed E-state index contributed by atoms with van der Waals surface area (Å²) in [5, 5.41) is 16.0. The lowest BCUT2D eigenvalue weighted by Gasteiger charge is -2.27. The van der Waals surface area contributed by atoms with E-state index in [1.54, 1.807) is 4.90 Å². The summed E-state index contributed by atoms with van der Waals surface area (Å²) in [6.45, 7) is 4.55. The molecule has 1 aliphatic rings. The minimum Gasteiger partial charge on any atom is -0.491 e. The monoisotopic (exact) mass is 429 g/mol. The van der Waals surface area contributed by atoms with E-state index in [0.29, 0.717) is 58.3 Å². The molecule has 2 aromatic rings. The Kier molecular flexibility index (Phi) is 9.43. The van der Waals surface area contributed by atoms with Crippen LogP contribution in [-0.2, 0) is 11.3 Å². The Morgan fingerprint density at radius 2 is 1.68 bits per heavy atom. The Labute approximate surface area is 183 Å². The van der Waals surface area contributed by atoms with Gasteiger partial charge in [-0.3, -0.25) is 0 Å². The zero-order chi connectivity index (χ0) is 21.7. The van der Waals surface area contributed by atoms with Crippen molar-refractivity contribution < 1.29 is 24.1 Å². The summed E-state index contributed by atoms with van der Waals surface area (Å²) in [6.07, 6.45) is -0.649. The average molecular weight is 430 g/mol. The first-order chi connectivity index (χ1) is 15.2. The number of hydrogen-bond donors (Lipinski definition) is 3. The SMILES string of the molecule is O=C(NCCNC[C@@H](O)COc1ccc(OCc2ccccc2)cc1)N1CCOCC1. The van der Waals surface area contributed by atoms with E-state index in [9.17, 15) is 9.90 Å². The molecule has 0 aromatic heterocycles. The minimum absolute atomic E-state index is 0.0785. The highest BCUT2D eigenvalue weighted by atomic mass is 16.5. The molecule has 8 heteroatoms. The second-order valence-electron chi connectivity index (χ2n) is 7.25. The number of nitrogens with zero attached hydrogens (tertiary/aromatic N) is 1. The first-order valence-electron chi connectivity index (χ1n) is 10.6. The molecule has 0 spiro atoms. The Hall–Kier alpha value is -2.81. The van der Waals surface area contributed by atoms with Crippen molar-refractivity contribution in [1.82, 2.24) is 15.5 Å². The normalized spacial score (nSPS) is 14.7. The Bertz CT molecular complexity index is 767. The van der Waals surface area contributed by atoms with Crippen LogP contribution >= 0.6 is 0 Å². The van der Waals surface area contributed by atoms with Gasteiger partial charge in [0, 0.05) is 32.7 Å². The molecule has 1 atom stereocenters. The first-order valence-corrected chi connectivity index (χ1v) is 10.6. The molecular weight excluding hydrogens is 398 g/mol. The van der Waals surface area contributed by atoms with E-state index < -0.39 is 6.10 Å². The van der Waals surface area contributed by atoms with Crippen LogP contribution < -0.4 is 20.1 Å². The van der Waals surface area contributed by atoms with Gasteiger partial charge >= 0.3 is 6.03 Å². The Morgan fingerprint density at radius 3 is 2.39 bits per heavy atom. The summed E-state index contributed by atoms with van der Waals surface area (Å²) in [7, 11) is 0. The Balaban J connectivity index is 1.24. The van der Waals surface area contributed by atoms with Crippen molar-refractivity contribution in [3.8, 4) is 11.5 Å². The summed E-state index contributed by atoms with van der Waals surface area (Å²) < 4.78 is 16.6. The minimum atomic E-state index is -0.649. The summed E-state index contributed by atoms with van der Waals surface area (Å²) in [5.74, 6) is 1.43. The van der Waals surface area contributed by atoms with Gasteiger partial charge in [0.25, 0.3) is 0 Å². The van der Waals surface area contributed by atoms with Crippen molar-refractivity contribution in [2.75, 3.05) is 52.5 Å². The van der Waals surface area contributed by atoms with E-state index in [0.717, 1.165) is 11.3 Å². The first kappa shape index (κ1) is 22.9. The number of nitrogens with one attached hydrogen (secondary N) is 2. The van der Waals surface area contributed by atoms with Crippen LogP contribution in [0.15, 0.2) is 54.6 Å². The molecule has 0 bridgehead atoms. The van der Waals surface area contributed by atoms with Crippen molar-refractivity contribution in [1.29, 1.82) is 0 Å². The van der Waals surface area contributed by atoms with E-state index in [4.69, 9.17) is 14.2 Å². The molecule has 0 unspecified atom stereocenters. The largest absolute Gasteiger partial charge is 0.491 e. The van der Waals surface area contributed by atoms with Crippen LogP contribution in [0.4, 0.5) is 4.79 Å². The molecule has 2 aromatic carbocycles. The fourth-order valence-corrected chi connectivity index (χ4v) is 3.03. The number of amides is 2. The molecule has 0 aliphatic carbocycles. The van der Waals surface area contributed by atoms with Crippen LogP contribution in [0.3, 0.4) is 0 Å². The fraction of sp³-hybridized carbons (Fsp3) is 0.435. The topological polar surface area (TPSA) is 92.3 Å². The summed E-state index contributed by atoms with van der Waals surface area (Å²) in [4.78, 5) is 13.7. The molecule has 3 rings (SSSR count). The third-order valence-electron chi connectivity index (χ3n) is 4.77. The fourth-order valence-electron chi connectivity index (χ4n) is 3.03. The van der Waals surface area contributed by atoms with E-state index in [2.05, 4.69) is 10.6 Å². The van der Waals surface area contributed by atoms with Crippen molar-refractivity contribution >= 4 is 6.03 Å². The molecule has 1 fully saturated rings. The lowest BCUT2D eigenvalue weighted by molar-refractivity contribution is 0.0532. The standard InChI is InChI=1S/C23H31N3O5/c27-20(16-24-10-11-25-23(28)26-12-14-29-15-13-26)18-31-22-8-6-21(7-9-22)30-17-19-4-2-1-3-5-19/h1-9,20,24,27H,10-18H2,(H,25,28)/t20-/m1/s1. The van der Waals surface area contributed by atoms with Crippen molar-refractivity contribution in [3.05, 3.63) is 60.2 Å². The van der Waals surface area contributed by atoms with E-state index in [-0.39, 0.29) is 12.6 Å². The number of carbonyl (C=O) groups excluding carboxylic acids is 1. The maximum Gasteiger partial charge on any atom is 0.317 e. The number of aliphatic hydroxyl groups is 1. The molecule has 1 heterocycles. The predicted molar refractivity (Wildman–Crippen MR) is 117 cm³/mol. The number of hydrogen-bond acceptors (Lipinski definition) is 6. The molecule has 1 saturated heterocycles. The molecule has 3 N–H and O–H groups in total. The maximum absolute atomic E-state index is 11.9. The van der Waals surface area contributed by atoms with Gasteiger partial charge in [-0.15, -0.1) is 0 Å². The highest BCUT2D eigenvalue weighted by Crippen LogP contribution is 2.18. The average Bonchev–Trinajstić information content (AvgIpc) is 2.83. The quantitative estimate of drug-likeness (QED) is 0.471. The van der Waals surface area contributed by atoms with Crippen LogP contribution in [0, 0.1) is 0 Å². The summed E-state index contributed by atoms with van der Waals surface area (Å²) in [6, 6.07) is 17.2. The molecule has 8 nitrogen and oxygen atoms in total. The molecule has 1 aliphatic heterocycles. The smallest absolute Gasteiger partial charge is 0.317 e. The highest BCUT2D eigenvalue weighted by molar-refractivity contribution is 5.74. The van der Waals surface area contributed by atoms with E-state index in [1.165, 1.54) is 0 Å². The summed E-state index contributed by atoms with van der Waals surface area (Å²) in [5.41, 5.74) is 1.11. The van der Waals surface area contributed by atoms with Gasteiger partial charge < -0.3 is 34.9 Å². The predicted octanol–water partition coefficient (Wildman–Crippen LogP) is 1.64. The number of ether oxygens (including phenoxy) is 3. The number of benzene rings is 2. The van der Waals surface area contributed by atoms with Crippen LogP contribution in [0.25, 0.3) is 0 Å². The molecule has 168 valence electrons. The molecule has 2 amide bonds. The van der Waals surface area contributed by atoms with Gasteiger partial charge in [0.1, 0.15) is 30.8 Å². The third-order valence-corrected chi connectivity index (χ3v) is 4.77. The van der Waals surface area contributed by atoms with Gasteiger partial charge in [0.05, 0.1) is 13.2 Å². The molecule has 0 radical (unpaired) electrons. The molecule has 0 saturated carbocycles. The maximum atomic E-state index is 11.9. The van der Waals surface area contributed by atoms with Gasteiger partial charge in [-0.25, -0.2) is 4.79 Å². The van der Waals surface area contributed by atoms with Crippen LogP contribution in [0.5, 0.6) is 11.5 Å². The second kappa shape index (κ2) is 12.8. The number of carbonyl (C=O) groups is 1. The van der Waals surface area contributed by atoms with Crippen LogP contribution in [0.2, 0.25) is 0 Å². The van der Waals surface area contributed by atoms with Crippen LogP contribution in [-0.4, -0.2) is 74.7 Å². The zero-order valence-electron chi connectivity index (χ0n) is 17.7. The number of urea groups is 1. The Morgan fingerprint density at radius 1 is 1.00 bits per heavy atom. The lowest BCUT2D eigenvalue weighted by Crippen LogP contribution is -2.47.